The third-order valence-corrected chi connectivity index (χ3v) is 3.93. The zero-order chi connectivity index (χ0) is 14.8. The molecule has 2 N–H and O–H groups in total. The maximum Gasteiger partial charge on any atom is 0.257 e. The summed E-state index contributed by atoms with van der Waals surface area (Å²) in [5.74, 6) is 5.52. The second kappa shape index (κ2) is 5.87. The van der Waals surface area contributed by atoms with E-state index in [0.29, 0.717) is 17.5 Å². The Balaban J connectivity index is 1.84. The normalized spacial score (nSPS) is 17.0. The van der Waals surface area contributed by atoms with Gasteiger partial charge in [-0.2, -0.15) is 0 Å². The molecule has 2 saturated carbocycles. The molecule has 1 amide bonds. The summed E-state index contributed by atoms with van der Waals surface area (Å²) in [5, 5.41) is 0. The molecule has 4 heteroatoms. The van der Waals surface area contributed by atoms with Crippen LogP contribution in [0.1, 0.15) is 41.6 Å². The lowest BCUT2D eigenvalue weighted by Crippen LogP contribution is -2.35. The highest BCUT2D eigenvalue weighted by Gasteiger charge is 2.37. The first-order valence-electron chi connectivity index (χ1n) is 7.48. The van der Waals surface area contributed by atoms with Gasteiger partial charge in [-0.25, -0.2) is 4.39 Å². The molecule has 0 atom stereocenters. The van der Waals surface area contributed by atoms with E-state index >= 15 is 0 Å². The third kappa shape index (κ3) is 3.43. The van der Waals surface area contributed by atoms with Crippen LogP contribution in [0.4, 0.5) is 4.39 Å². The van der Waals surface area contributed by atoms with E-state index < -0.39 is 5.82 Å². The lowest BCUT2D eigenvalue weighted by molar-refractivity contribution is 0.0730. The fraction of sp³-hybridized carbons (Fsp3) is 0.471. The van der Waals surface area contributed by atoms with Gasteiger partial charge < -0.3 is 10.6 Å². The summed E-state index contributed by atoms with van der Waals surface area (Å²) in [7, 11) is 0. The lowest BCUT2D eigenvalue weighted by Gasteiger charge is -2.22. The summed E-state index contributed by atoms with van der Waals surface area (Å²) in [6, 6.07) is 4.74. The van der Waals surface area contributed by atoms with Crippen molar-refractivity contribution in [3.05, 3.63) is 35.1 Å². The van der Waals surface area contributed by atoms with E-state index in [4.69, 9.17) is 5.73 Å². The number of rotatable bonds is 4. The molecule has 2 fully saturated rings. The van der Waals surface area contributed by atoms with Crippen molar-refractivity contribution in [2.75, 3.05) is 13.1 Å². The van der Waals surface area contributed by atoms with Crippen molar-refractivity contribution in [1.82, 2.24) is 4.90 Å². The van der Waals surface area contributed by atoms with Crippen molar-refractivity contribution in [2.45, 2.75) is 31.7 Å². The fourth-order valence-electron chi connectivity index (χ4n) is 2.44. The zero-order valence-electron chi connectivity index (χ0n) is 11.9. The van der Waals surface area contributed by atoms with Crippen molar-refractivity contribution >= 4 is 5.91 Å². The zero-order valence-corrected chi connectivity index (χ0v) is 11.9. The summed E-state index contributed by atoms with van der Waals surface area (Å²) in [6.07, 6.45) is 4.43. The second-order valence-corrected chi connectivity index (χ2v) is 5.83. The number of hydrogen-bond acceptors (Lipinski definition) is 2. The van der Waals surface area contributed by atoms with Crippen LogP contribution in [-0.2, 0) is 0 Å². The Morgan fingerprint density at radius 1 is 1.33 bits per heavy atom. The molecule has 1 aromatic rings. The number of amides is 1. The molecule has 0 radical (unpaired) electrons. The predicted octanol–water partition coefficient (Wildman–Crippen LogP) is 2.15. The molecule has 0 aromatic heterocycles. The molecule has 110 valence electrons. The fourth-order valence-corrected chi connectivity index (χ4v) is 2.44. The highest BCUT2D eigenvalue weighted by Crippen LogP contribution is 2.35. The minimum absolute atomic E-state index is 0.131. The number of hydrogen-bond donors (Lipinski definition) is 1. The summed E-state index contributed by atoms with van der Waals surface area (Å²) in [5.41, 5.74) is 6.10. The Morgan fingerprint density at radius 3 is 2.71 bits per heavy atom. The molecule has 0 bridgehead atoms. The Labute approximate surface area is 124 Å². The van der Waals surface area contributed by atoms with Gasteiger partial charge in [-0.3, -0.25) is 4.79 Å². The Hall–Kier alpha value is -1.86. The maximum atomic E-state index is 14.0. The van der Waals surface area contributed by atoms with Crippen LogP contribution in [0.5, 0.6) is 0 Å². The van der Waals surface area contributed by atoms with Crippen LogP contribution in [0, 0.1) is 23.6 Å². The van der Waals surface area contributed by atoms with Gasteiger partial charge in [0.25, 0.3) is 5.91 Å². The Bertz CT molecular complexity index is 609. The topological polar surface area (TPSA) is 46.3 Å². The molecule has 3 rings (SSSR count). The van der Waals surface area contributed by atoms with Gasteiger partial charge in [0.05, 0.1) is 12.1 Å². The average Bonchev–Trinajstić information content (AvgIpc) is 3.36. The molecule has 2 aliphatic carbocycles. The van der Waals surface area contributed by atoms with Crippen molar-refractivity contribution < 1.29 is 9.18 Å². The van der Waals surface area contributed by atoms with Crippen LogP contribution < -0.4 is 5.73 Å². The van der Waals surface area contributed by atoms with Gasteiger partial charge in [0, 0.05) is 18.2 Å². The van der Waals surface area contributed by atoms with E-state index in [-0.39, 0.29) is 18.0 Å². The number of halogens is 1. The molecular weight excluding hydrogens is 267 g/mol. The van der Waals surface area contributed by atoms with E-state index in [2.05, 4.69) is 11.8 Å². The number of nitrogens with zero attached hydrogens (tertiary/aromatic N) is 1. The number of nitrogens with two attached hydrogens (primary N) is 1. The van der Waals surface area contributed by atoms with E-state index in [1.807, 2.05) is 4.90 Å². The van der Waals surface area contributed by atoms with Gasteiger partial charge >= 0.3 is 0 Å². The lowest BCUT2D eigenvalue weighted by atomic mass is 10.1. The van der Waals surface area contributed by atoms with Crippen molar-refractivity contribution in [3.63, 3.8) is 0 Å². The predicted molar refractivity (Wildman–Crippen MR) is 79.1 cm³/mol. The van der Waals surface area contributed by atoms with Crippen LogP contribution in [0.2, 0.25) is 0 Å². The second-order valence-electron chi connectivity index (χ2n) is 5.83. The van der Waals surface area contributed by atoms with Gasteiger partial charge in [0.2, 0.25) is 0 Å². The van der Waals surface area contributed by atoms with Crippen LogP contribution in [0.3, 0.4) is 0 Å². The average molecular weight is 286 g/mol. The van der Waals surface area contributed by atoms with Crippen molar-refractivity contribution in [2.24, 2.45) is 11.7 Å². The van der Waals surface area contributed by atoms with Gasteiger partial charge in [0.1, 0.15) is 5.82 Å². The molecule has 0 unspecified atom stereocenters. The maximum absolute atomic E-state index is 14.0. The van der Waals surface area contributed by atoms with Gasteiger partial charge in [-0.05, 0) is 49.8 Å². The van der Waals surface area contributed by atoms with Crippen LogP contribution >= 0.6 is 0 Å². The minimum Gasteiger partial charge on any atom is -0.335 e. The van der Waals surface area contributed by atoms with Gasteiger partial charge in [0.15, 0.2) is 0 Å². The quantitative estimate of drug-likeness (QED) is 0.862. The highest BCUT2D eigenvalue weighted by atomic mass is 19.1. The molecule has 0 heterocycles. The number of carbonyl (C=O) groups excluding carboxylic acids is 1. The summed E-state index contributed by atoms with van der Waals surface area (Å²) in [4.78, 5) is 14.5. The SMILES string of the molecule is NCC#Cc1ccc(F)c(C(=O)N(CC2CC2)C2CC2)c1. The monoisotopic (exact) mass is 286 g/mol. The Kier molecular flexibility index (Phi) is 3.94. The van der Waals surface area contributed by atoms with Crippen molar-refractivity contribution in [3.8, 4) is 11.8 Å². The van der Waals surface area contributed by atoms with E-state index in [1.54, 1.807) is 12.1 Å². The molecule has 21 heavy (non-hydrogen) atoms. The number of benzene rings is 1. The van der Waals surface area contributed by atoms with Crippen LogP contribution in [0.25, 0.3) is 0 Å². The minimum atomic E-state index is -0.472. The molecule has 3 nitrogen and oxygen atoms in total. The molecule has 1 aromatic carbocycles. The van der Waals surface area contributed by atoms with E-state index in [9.17, 15) is 9.18 Å². The summed E-state index contributed by atoms with van der Waals surface area (Å²) < 4.78 is 14.0. The van der Waals surface area contributed by atoms with Crippen LogP contribution in [0.15, 0.2) is 18.2 Å². The summed E-state index contributed by atoms with van der Waals surface area (Å²) >= 11 is 0. The first-order valence-corrected chi connectivity index (χ1v) is 7.48. The number of carbonyl (C=O) groups is 1. The molecule has 0 aliphatic heterocycles. The Morgan fingerprint density at radius 2 is 2.10 bits per heavy atom. The van der Waals surface area contributed by atoms with Gasteiger partial charge in [-0.1, -0.05) is 11.8 Å². The van der Waals surface area contributed by atoms with Crippen LogP contribution in [-0.4, -0.2) is 29.9 Å². The molecule has 0 saturated heterocycles. The highest BCUT2D eigenvalue weighted by molar-refractivity contribution is 5.95. The van der Waals surface area contributed by atoms with Gasteiger partial charge in [-0.15, -0.1) is 0 Å². The largest absolute Gasteiger partial charge is 0.335 e. The molecule has 2 aliphatic rings. The third-order valence-electron chi connectivity index (χ3n) is 3.93. The molecular formula is C17H19FN2O. The summed E-state index contributed by atoms with van der Waals surface area (Å²) in [6.45, 7) is 1.01. The first kappa shape index (κ1) is 14.1. The smallest absolute Gasteiger partial charge is 0.257 e. The first-order chi connectivity index (χ1) is 10.2. The standard InChI is InChI=1S/C17H19FN2O/c18-16-8-5-12(2-1-9-19)10-15(16)17(21)20(14-6-7-14)11-13-3-4-13/h5,8,10,13-14H,3-4,6-7,9,11,19H2. The van der Waals surface area contributed by atoms with E-state index in [1.165, 1.54) is 18.9 Å². The van der Waals surface area contributed by atoms with Crippen molar-refractivity contribution in [1.29, 1.82) is 0 Å². The van der Waals surface area contributed by atoms with E-state index in [0.717, 1.165) is 19.4 Å². The molecule has 0 spiro atoms.